The molecule has 1 aromatic heterocycles. The first kappa shape index (κ1) is 12.9. The second-order valence-corrected chi connectivity index (χ2v) is 6.33. The molecule has 0 bridgehead atoms. The fourth-order valence-electron chi connectivity index (χ4n) is 1.83. The van der Waals surface area contributed by atoms with Gasteiger partial charge in [-0.25, -0.2) is 4.98 Å². The molecule has 0 aliphatic heterocycles. The van der Waals surface area contributed by atoms with E-state index in [9.17, 15) is 0 Å². The fourth-order valence-corrected chi connectivity index (χ4v) is 3.28. The van der Waals surface area contributed by atoms with Crippen molar-refractivity contribution in [3.8, 4) is 0 Å². The number of anilines is 1. The molecule has 0 aliphatic rings. The lowest BCUT2D eigenvalue weighted by atomic mass is 10.2. The van der Waals surface area contributed by atoms with E-state index in [-0.39, 0.29) is 0 Å². The average Bonchev–Trinajstić information content (AvgIpc) is 2.85. The highest BCUT2D eigenvalue weighted by atomic mass is 79.9. The van der Waals surface area contributed by atoms with E-state index in [1.807, 2.05) is 35.8 Å². The third-order valence-electron chi connectivity index (χ3n) is 2.83. The lowest BCUT2D eigenvalue weighted by molar-refractivity contribution is 1.15. The molecular formula is C14H10BrClN2S. The minimum Gasteiger partial charge on any atom is -0.381 e. The number of fused-ring (bicyclic) bond motifs is 1. The van der Waals surface area contributed by atoms with Crippen LogP contribution in [0.15, 0.2) is 46.4 Å². The monoisotopic (exact) mass is 352 g/mol. The lowest BCUT2D eigenvalue weighted by Crippen LogP contribution is -1.99. The Morgan fingerprint density at radius 3 is 2.95 bits per heavy atom. The van der Waals surface area contributed by atoms with E-state index < -0.39 is 0 Å². The van der Waals surface area contributed by atoms with Crippen molar-refractivity contribution in [1.29, 1.82) is 0 Å². The highest BCUT2D eigenvalue weighted by Gasteiger charge is 2.02. The number of nitrogens with one attached hydrogen (secondary N) is 1. The highest BCUT2D eigenvalue weighted by molar-refractivity contribution is 9.10. The van der Waals surface area contributed by atoms with Crippen LogP contribution in [0.1, 0.15) is 5.56 Å². The van der Waals surface area contributed by atoms with Gasteiger partial charge in [-0.3, -0.25) is 0 Å². The zero-order chi connectivity index (χ0) is 13.2. The molecule has 0 fully saturated rings. The summed E-state index contributed by atoms with van der Waals surface area (Å²) in [6, 6.07) is 12.1. The number of thiazole rings is 1. The standard InChI is InChI=1S/C14H10BrClN2S/c15-10-2-1-9(12(16)5-10)7-17-11-3-4-13-14(6-11)19-8-18-13/h1-6,8,17H,7H2. The second kappa shape index (κ2) is 5.49. The topological polar surface area (TPSA) is 24.9 Å². The van der Waals surface area contributed by atoms with Gasteiger partial charge in [-0.1, -0.05) is 33.6 Å². The van der Waals surface area contributed by atoms with Gasteiger partial charge in [-0.2, -0.15) is 0 Å². The van der Waals surface area contributed by atoms with Gasteiger partial charge in [-0.15, -0.1) is 11.3 Å². The lowest BCUT2D eigenvalue weighted by Gasteiger charge is -2.08. The first-order chi connectivity index (χ1) is 9.22. The molecule has 0 aliphatic carbocycles. The van der Waals surface area contributed by atoms with Gasteiger partial charge in [0.15, 0.2) is 0 Å². The van der Waals surface area contributed by atoms with Gasteiger partial charge >= 0.3 is 0 Å². The molecule has 2 aromatic carbocycles. The van der Waals surface area contributed by atoms with Crippen molar-refractivity contribution in [3.05, 3.63) is 57.0 Å². The summed E-state index contributed by atoms with van der Waals surface area (Å²) in [4.78, 5) is 4.27. The van der Waals surface area contributed by atoms with E-state index in [4.69, 9.17) is 11.6 Å². The van der Waals surface area contributed by atoms with E-state index in [1.165, 1.54) is 4.70 Å². The Labute approximate surface area is 128 Å². The number of benzene rings is 2. The Bertz CT molecular complexity index is 726. The van der Waals surface area contributed by atoms with Crippen molar-refractivity contribution in [2.45, 2.75) is 6.54 Å². The molecule has 0 radical (unpaired) electrons. The Hall–Kier alpha value is -1.10. The molecule has 0 saturated heterocycles. The smallest absolute Gasteiger partial charge is 0.0813 e. The molecule has 5 heteroatoms. The number of hydrogen-bond acceptors (Lipinski definition) is 3. The van der Waals surface area contributed by atoms with Crippen molar-refractivity contribution < 1.29 is 0 Å². The van der Waals surface area contributed by atoms with Gasteiger partial charge in [0.05, 0.1) is 15.7 Å². The molecule has 0 unspecified atom stereocenters. The maximum Gasteiger partial charge on any atom is 0.0813 e. The van der Waals surface area contributed by atoms with Crippen molar-refractivity contribution in [1.82, 2.24) is 4.98 Å². The normalized spacial score (nSPS) is 10.8. The summed E-state index contributed by atoms with van der Waals surface area (Å²) in [5.74, 6) is 0. The molecule has 3 aromatic rings. The van der Waals surface area contributed by atoms with Gasteiger partial charge in [0.25, 0.3) is 0 Å². The maximum atomic E-state index is 6.20. The van der Waals surface area contributed by atoms with Gasteiger partial charge in [0.1, 0.15) is 0 Å². The number of halogens is 2. The van der Waals surface area contributed by atoms with E-state index >= 15 is 0 Å². The van der Waals surface area contributed by atoms with Crippen LogP contribution in [-0.2, 0) is 6.54 Å². The van der Waals surface area contributed by atoms with Crippen LogP contribution in [0.2, 0.25) is 5.02 Å². The van der Waals surface area contributed by atoms with Crippen LogP contribution in [0.4, 0.5) is 5.69 Å². The van der Waals surface area contributed by atoms with Crippen molar-refractivity contribution >= 4 is 54.8 Å². The molecule has 1 N–H and O–H groups in total. The predicted octanol–water partition coefficient (Wildman–Crippen LogP) is 5.32. The van der Waals surface area contributed by atoms with E-state index in [0.29, 0.717) is 6.54 Å². The first-order valence-electron chi connectivity index (χ1n) is 5.73. The van der Waals surface area contributed by atoms with Gasteiger partial charge in [-0.05, 0) is 35.9 Å². The van der Waals surface area contributed by atoms with Crippen LogP contribution < -0.4 is 5.32 Å². The quantitative estimate of drug-likeness (QED) is 0.689. The zero-order valence-corrected chi connectivity index (χ0v) is 13.0. The van der Waals surface area contributed by atoms with Crippen LogP contribution in [0.3, 0.4) is 0 Å². The first-order valence-corrected chi connectivity index (χ1v) is 7.78. The minimum absolute atomic E-state index is 0.705. The third kappa shape index (κ3) is 2.91. The highest BCUT2D eigenvalue weighted by Crippen LogP contribution is 2.24. The van der Waals surface area contributed by atoms with Crippen LogP contribution in [0.5, 0.6) is 0 Å². The molecule has 0 saturated carbocycles. The fraction of sp³-hybridized carbons (Fsp3) is 0.0714. The largest absolute Gasteiger partial charge is 0.381 e. The number of aromatic nitrogens is 1. The zero-order valence-electron chi connectivity index (χ0n) is 9.86. The van der Waals surface area contributed by atoms with Crippen molar-refractivity contribution in [3.63, 3.8) is 0 Å². The van der Waals surface area contributed by atoms with E-state index in [2.05, 4.69) is 32.3 Å². The molecule has 96 valence electrons. The van der Waals surface area contributed by atoms with Crippen LogP contribution in [0, 0.1) is 0 Å². The Morgan fingerprint density at radius 1 is 1.21 bits per heavy atom. The second-order valence-electron chi connectivity index (χ2n) is 4.12. The van der Waals surface area contributed by atoms with E-state index in [0.717, 1.165) is 26.3 Å². The van der Waals surface area contributed by atoms with Crippen molar-refractivity contribution in [2.24, 2.45) is 0 Å². The molecule has 19 heavy (non-hydrogen) atoms. The summed E-state index contributed by atoms with van der Waals surface area (Å²) in [5, 5.41) is 4.15. The van der Waals surface area contributed by atoms with Crippen molar-refractivity contribution in [2.75, 3.05) is 5.32 Å². The molecule has 0 spiro atoms. The minimum atomic E-state index is 0.705. The molecule has 1 heterocycles. The maximum absolute atomic E-state index is 6.20. The van der Waals surface area contributed by atoms with Gasteiger partial charge in [0.2, 0.25) is 0 Å². The Morgan fingerprint density at radius 2 is 2.11 bits per heavy atom. The van der Waals surface area contributed by atoms with E-state index in [1.54, 1.807) is 11.3 Å². The SMILES string of the molecule is Clc1cc(Br)ccc1CNc1ccc2ncsc2c1. The van der Waals surface area contributed by atoms with Crippen LogP contribution in [-0.4, -0.2) is 4.98 Å². The summed E-state index contributed by atoms with van der Waals surface area (Å²) in [5.41, 5.74) is 5.06. The molecule has 2 nitrogen and oxygen atoms in total. The molecule has 3 rings (SSSR count). The molecular weight excluding hydrogens is 344 g/mol. The average molecular weight is 354 g/mol. The summed E-state index contributed by atoms with van der Waals surface area (Å²) < 4.78 is 2.18. The number of rotatable bonds is 3. The van der Waals surface area contributed by atoms with Crippen LogP contribution in [0.25, 0.3) is 10.2 Å². The molecule has 0 amide bonds. The third-order valence-corrected chi connectivity index (χ3v) is 4.47. The van der Waals surface area contributed by atoms with Gasteiger partial charge in [0, 0.05) is 21.7 Å². The van der Waals surface area contributed by atoms with Crippen LogP contribution >= 0.6 is 38.9 Å². The summed E-state index contributed by atoms with van der Waals surface area (Å²) in [7, 11) is 0. The Balaban J connectivity index is 1.77. The number of hydrogen-bond donors (Lipinski definition) is 1. The summed E-state index contributed by atoms with van der Waals surface area (Å²) in [6.07, 6.45) is 0. The number of nitrogens with zero attached hydrogens (tertiary/aromatic N) is 1. The van der Waals surface area contributed by atoms with Gasteiger partial charge < -0.3 is 5.32 Å². The summed E-state index contributed by atoms with van der Waals surface area (Å²) >= 11 is 11.2. The molecule has 0 atom stereocenters. The summed E-state index contributed by atoms with van der Waals surface area (Å²) in [6.45, 7) is 0.705. The predicted molar refractivity (Wildman–Crippen MR) is 86.1 cm³/mol. The Kier molecular flexibility index (Phi) is 3.73.